The van der Waals surface area contributed by atoms with E-state index in [2.05, 4.69) is 5.32 Å². The number of carbonyl (C=O) groups is 1. The summed E-state index contributed by atoms with van der Waals surface area (Å²) in [6.45, 7) is 3.01. The molecule has 0 radical (unpaired) electrons. The lowest BCUT2D eigenvalue weighted by Gasteiger charge is -2.32. The molecule has 2 aromatic rings. The molecule has 1 saturated heterocycles. The topological polar surface area (TPSA) is 66.5 Å². The van der Waals surface area contributed by atoms with Gasteiger partial charge in [-0.15, -0.1) is 0 Å². The quantitative estimate of drug-likeness (QED) is 0.665. The minimum atomic E-state index is -3.46. The highest BCUT2D eigenvalue weighted by molar-refractivity contribution is 7.89. The number of benzene rings is 2. The highest BCUT2D eigenvalue weighted by atomic mass is 35.5. The van der Waals surface area contributed by atoms with Crippen molar-refractivity contribution in [2.75, 3.05) is 18.4 Å². The van der Waals surface area contributed by atoms with E-state index >= 15 is 0 Å². The van der Waals surface area contributed by atoms with Gasteiger partial charge < -0.3 is 5.32 Å². The van der Waals surface area contributed by atoms with Gasteiger partial charge in [0.2, 0.25) is 10.0 Å². The molecule has 1 fully saturated rings. The van der Waals surface area contributed by atoms with Crippen molar-refractivity contribution in [3.8, 4) is 0 Å². The number of nitrogens with zero attached hydrogens (tertiary/aromatic N) is 1. The maximum atomic E-state index is 12.8. The third-order valence-corrected chi connectivity index (χ3v) is 7.33. The molecule has 1 atom stereocenters. The number of ketones is 1. The molecular weight excluding hydrogens is 396 g/mol. The average Bonchev–Trinajstić information content (AvgIpc) is 2.69. The Labute approximate surface area is 171 Å². The summed E-state index contributed by atoms with van der Waals surface area (Å²) in [4.78, 5) is 12.5. The molecule has 0 amide bonds. The van der Waals surface area contributed by atoms with E-state index in [4.69, 9.17) is 11.6 Å². The summed E-state index contributed by atoms with van der Waals surface area (Å²) in [6, 6.07) is 13.6. The van der Waals surface area contributed by atoms with Gasteiger partial charge in [0.15, 0.2) is 5.78 Å². The van der Waals surface area contributed by atoms with E-state index in [1.807, 2.05) is 6.92 Å². The van der Waals surface area contributed by atoms with E-state index < -0.39 is 10.0 Å². The molecule has 0 unspecified atom stereocenters. The Kier molecular flexibility index (Phi) is 6.75. The summed E-state index contributed by atoms with van der Waals surface area (Å²) in [5, 5.41) is 3.77. The molecule has 150 valence electrons. The number of hydrogen-bond donors (Lipinski definition) is 1. The van der Waals surface area contributed by atoms with Crippen LogP contribution in [-0.4, -0.2) is 37.6 Å². The second-order valence-corrected chi connectivity index (χ2v) is 9.42. The SMILES string of the molecule is C[C@@H]1CCCCN1S(=O)(=O)c1ccc(NCCC(=O)c2ccc(Cl)cc2)cc1. The third kappa shape index (κ3) is 4.93. The molecule has 0 aliphatic carbocycles. The van der Waals surface area contributed by atoms with E-state index in [1.165, 1.54) is 0 Å². The van der Waals surface area contributed by atoms with Gasteiger partial charge in [-0.2, -0.15) is 4.31 Å². The summed E-state index contributed by atoms with van der Waals surface area (Å²) < 4.78 is 27.3. The number of nitrogens with one attached hydrogen (secondary N) is 1. The highest BCUT2D eigenvalue weighted by Crippen LogP contribution is 2.25. The van der Waals surface area contributed by atoms with Crippen LogP contribution in [0.5, 0.6) is 0 Å². The maximum Gasteiger partial charge on any atom is 0.243 e. The smallest absolute Gasteiger partial charge is 0.243 e. The first kappa shape index (κ1) is 20.8. The molecule has 1 aliphatic rings. The number of piperidine rings is 1. The Balaban J connectivity index is 1.57. The van der Waals surface area contributed by atoms with Crippen molar-refractivity contribution < 1.29 is 13.2 Å². The second kappa shape index (κ2) is 9.07. The maximum absolute atomic E-state index is 12.8. The van der Waals surface area contributed by atoms with Gasteiger partial charge in [-0.25, -0.2) is 8.42 Å². The van der Waals surface area contributed by atoms with Crippen LogP contribution in [0.2, 0.25) is 5.02 Å². The van der Waals surface area contributed by atoms with Gasteiger partial charge in [0, 0.05) is 41.8 Å². The third-order valence-electron chi connectivity index (χ3n) is 5.05. The van der Waals surface area contributed by atoms with E-state index in [0.717, 1.165) is 24.9 Å². The fraction of sp³-hybridized carbons (Fsp3) is 0.381. The first-order valence-electron chi connectivity index (χ1n) is 9.52. The number of carbonyl (C=O) groups excluding carboxylic acids is 1. The van der Waals surface area contributed by atoms with Crippen molar-refractivity contribution >= 4 is 33.1 Å². The first-order valence-corrected chi connectivity index (χ1v) is 11.3. The van der Waals surface area contributed by atoms with Crippen molar-refractivity contribution in [1.29, 1.82) is 0 Å². The molecule has 0 saturated carbocycles. The van der Waals surface area contributed by atoms with Gasteiger partial charge in [0.1, 0.15) is 0 Å². The van der Waals surface area contributed by atoms with Crippen LogP contribution in [0.4, 0.5) is 5.69 Å². The lowest BCUT2D eigenvalue weighted by molar-refractivity contribution is 0.0986. The molecule has 0 spiro atoms. The average molecular weight is 421 g/mol. The molecular formula is C21H25ClN2O3S. The number of rotatable bonds is 7. The van der Waals surface area contributed by atoms with E-state index in [1.54, 1.807) is 52.8 Å². The van der Waals surface area contributed by atoms with Gasteiger partial charge in [-0.05, 0) is 68.3 Å². The zero-order chi connectivity index (χ0) is 20.1. The Bertz CT molecular complexity index is 912. The summed E-state index contributed by atoms with van der Waals surface area (Å²) >= 11 is 5.83. The largest absolute Gasteiger partial charge is 0.385 e. The summed E-state index contributed by atoms with van der Waals surface area (Å²) in [6.07, 6.45) is 3.23. The Morgan fingerprint density at radius 1 is 1.11 bits per heavy atom. The first-order chi connectivity index (χ1) is 13.4. The molecule has 2 aromatic carbocycles. The van der Waals surface area contributed by atoms with E-state index in [0.29, 0.717) is 35.0 Å². The molecule has 0 bridgehead atoms. The van der Waals surface area contributed by atoms with Gasteiger partial charge >= 0.3 is 0 Å². The lowest BCUT2D eigenvalue weighted by atomic mass is 10.1. The molecule has 5 nitrogen and oxygen atoms in total. The van der Waals surface area contributed by atoms with Crippen LogP contribution in [0.3, 0.4) is 0 Å². The molecule has 1 heterocycles. The predicted molar refractivity (Wildman–Crippen MR) is 113 cm³/mol. The highest BCUT2D eigenvalue weighted by Gasteiger charge is 2.30. The van der Waals surface area contributed by atoms with Crippen LogP contribution in [0.15, 0.2) is 53.4 Å². The minimum Gasteiger partial charge on any atom is -0.385 e. The number of Topliss-reactive ketones (excluding diaryl/α,β-unsaturated/α-hetero) is 1. The molecule has 3 rings (SSSR count). The van der Waals surface area contributed by atoms with E-state index in [9.17, 15) is 13.2 Å². The van der Waals surface area contributed by atoms with Crippen molar-refractivity contribution in [2.24, 2.45) is 0 Å². The summed E-state index contributed by atoms with van der Waals surface area (Å²) in [7, 11) is -3.46. The fourth-order valence-corrected chi connectivity index (χ4v) is 5.23. The van der Waals surface area contributed by atoms with Crippen molar-refractivity contribution in [1.82, 2.24) is 4.31 Å². The van der Waals surface area contributed by atoms with Crippen molar-refractivity contribution in [3.05, 3.63) is 59.1 Å². The number of hydrogen-bond acceptors (Lipinski definition) is 4. The van der Waals surface area contributed by atoms with Crippen LogP contribution in [0, 0.1) is 0 Å². The zero-order valence-corrected chi connectivity index (χ0v) is 17.5. The van der Waals surface area contributed by atoms with Crippen LogP contribution < -0.4 is 5.32 Å². The molecule has 7 heteroatoms. The fourth-order valence-electron chi connectivity index (χ4n) is 3.41. The van der Waals surface area contributed by atoms with Crippen molar-refractivity contribution in [3.63, 3.8) is 0 Å². The van der Waals surface area contributed by atoms with Crippen LogP contribution in [0.1, 0.15) is 43.0 Å². The molecule has 28 heavy (non-hydrogen) atoms. The summed E-state index contributed by atoms with van der Waals surface area (Å²) in [5.74, 6) is 0.0300. The zero-order valence-electron chi connectivity index (χ0n) is 15.9. The van der Waals surface area contributed by atoms with Crippen LogP contribution >= 0.6 is 11.6 Å². The standard InChI is InChI=1S/C21H25ClN2O3S/c1-16-4-2-3-15-24(16)28(26,27)20-11-9-19(10-12-20)23-14-13-21(25)17-5-7-18(22)8-6-17/h5-12,16,23H,2-4,13-15H2,1H3/t16-/m1/s1. The number of sulfonamides is 1. The van der Waals surface area contributed by atoms with E-state index in [-0.39, 0.29) is 11.8 Å². The van der Waals surface area contributed by atoms with Crippen LogP contribution in [-0.2, 0) is 10.0 Å². The normalized spacial score (nSPS) is 18.0. The summed E-state index contributed by atoms with van der Waals surface area (Å²) in [5.41, 5.74) is 1.41. The Hall–Kier alpha value is -1.89. The van der Waals surface area contributed by atoms with Gasteiger partial charge in [-0.3, -0.25) is 4.79 Å². The molecule has 0 aromatic heterocycles. The number of halogens is 1. The Morgan fingerprint density at radius 3 is 2.43 bits per heavy atom. The minimum absolute atomic E-state index is 0.0300. The molecule has 1 N–H and O–H groups in total. The van der Waals surface area contributed by atoms with Gasteiger partial charge in [0.05, 0.1) is 4.90 Å². The Morgan fingerprint density at radius 2 is 1.79 bits per heavy atom. The van der Waals surface area contributed by atoms with Gasteiger partial charge in [-0.1, -0.05) is 18.0 Å². The van der Waals surface area contributed by atoms with Crippen LogP contribution in [0.25, 0.3) is 0 Å². The number of anilines is 1. The molecule has 1 aliphatic heterocycles. The van der Waals surface area contributed by atoms with Crippen molar-refractivity contribution in [2.45, 2.75) is 43.5 Å². The monoisotopic (exact) mass is 420 g/mol. The van der Waals surface area contributed by atoms with Gasteiger partial charge in [0.25, 0.3) is 0 Å². The lowest BCUT2D eigenvalue weighted by Crippen LogP contribution is -2.41. The second-order valence-electron chi connectivity index (χ2n) is 7.09. The predicted octanol–water partition coefficient (Wildman–Crippen LogP) is 4.59.